The highest BCUT2D eigenvalue weighted by Crippen LogP contribution is 2.30. The van der Waals surface area contributed by atoms with Crippen LogP contribution in [0.1, 0.15) is 0 Å². The molecule has 0 saturated heterocycles. The van der Waals surface area contributed by atoms with E-state index in [4.69, 9.17) is 10.5 Å². The maximum absolute atomic E-state index is 5.77. The Hall–Kier alpha value is -1.72. The van der Waals surface area contributed by atoms with E-state index in [1.807, 2.05) is 48.5 Å². The molecule has 0 saturated carbocycles. The van der Waals surface area contributed by atoms with E-state index < -0.39 is 0 Å². The zero-order valence-electron chi connectivity index (χ0n) is 10.8. The van der Waals surface area contributed by atoms with Crippen molar-refractivity contribution in [3.8, 4) is 5.75 Å². The second-order valence-corrected chi connectivity index (χ2v) is 6.59. The standard InChI is InChI=1S/C15H14N2OS2/c16-11-6-7-13-14(10-11)20-15(17-13)19-9-8-18-12-4-2-1-3-5-12/h1-7,10H,8-9,16H2. The van der Waals surface area contributed by atoms with Crippen LogP contribution in [0.15, 0.2) is 52.9 Å². The molecule has 0 aliphatic carbocycles. The third-order valence-corrected chi connectivity index (χ3v) is 4.84. The lowest BCUT2D eigenvalue weighted by atomic mass is 10.3. The van der Waals surface area contributed by atoms with E-state index in [1.165, 1.54) is 0 Å². The predicted molar refractivity (Wildman–Crippen MR) is 86.7 cm³/mol. The largest absolute Gasteiger partial charge is 0.493 e. The second-order valence-electron chi connectivity index (χ2n) is 4.22. The van der Waals surface area contributed by atoms with Gasteiger partial charge in [-0.25, -0.2) is 4.98 Å². The van der Waals surface area contributed by atoms with E-state index in [0.717, 1.165) is 31.7 Å². The fourth-order valence-corrected chi connectivity index (χ4v) is 3.79. The minimum atomic E-state index is 0.673. The Balaban J connectivity index is 1.55. The molecule has 2 N–H and O–H groups in total. The molecule has 3 nitrogen and oxygen atoms in total. The monoisotopic (exact) mass is 302 g/mol. The lowest BCUT2D eigenvalue weighted by molar-refractivity contribution is 0.344. The summed E-state index contributed by atoms with van der Waals surface area (Å²) in [4.78, 5) is 4.57. The predicted octanol–water partition coefficient (Wildman–Crippen LogP) is 4.05. The Morgan fingerprint density at radius 3 is 2.85 bits per heavy atom. The van der Waals surface area contributed by atoms with Crippen molar-refractivity contribution < 1.29 is 4.74 Å². The van der Waals surface area contributed by atoms with Crippen LogP contribution in [-0.4, -0.2) is 17.3 Å². The summed E-state index contributed by atoms with van der Waals surface area (Å²) in [7, 11) is 0. The lowest BCUT2D eigenvalue weighted by Crippen LogP contribution is -1.99. The summed E-state index contributed by atoms with van der Waals surface area (Å²) in [6.07, 6.45) is 0. The number of para-hydroxylation sites is 1. The molecular formula is C15H14N2OS2. The molecule has 0 bridgehead atoms. The van der Waals surface area contributed by atoms with E-state index in [9.17, 15) is 0 Å². The lowest BCUT2D eigenvalue weighted by Gasteiger charge is -2.03. The number of thiazole rings is 1. The van der Waals surface area contributed by atoms with E-state index in [2.05, 4.69) is 4.98 Å². The fourth-order valence-electron chi connectivity index (χ4n) is 1.79. The van der Waals surface area contributed by atoms with Crippen molar-refractivity contribution in [1.82, 2.24) is 4.98 Å². The van der Waals surface area contributed by atoms with Gasteiger partial charge >= 0.3 is 0 Å². The van der Waals surface area contributed by atoms with Gasteiger partial charge in [-0.2, -0.15) is 0 Å². The number of thioether (sulfide) groups is 1. The molecule has 0 aliphatic rings. The number of hydrogen-bond acceptors (Lipinski definition) is 5. The molecule has 0 unspecified atom stereocenters. The van der Waals surface area contributed by atoms with Crippen molar-refractivity contribution in [2.45, 2.75) is 4.34 Å². The van der Waals surface area contributed by atoms with Gasteiger partial charge in [-0.05, 0) is 30.3 Å². The summed E-state index contributed by atoms with van der Waals surface area (Å²) < 4.78 is 7.85. The number of aromatic nitrogens is 1. The minimum Gasteiger partial charge on any atom is -0.493 e. The molecule has 0 aliphatic heterocycles. The summed E-state index contributed by atoms with van der Waals surface area (Å²) in [5.74, 6) is 1.79. The molecule has 0 radical (unpaired) electrons. The first-order chi connectivity index (χ1) is 9.81. The number of fused-ring (bicyclic) bond motifs is 1. The Kier molecular flexibility index (Phi) is 4.08. The molecule has 3 aromatic rings. The summed E-state index contributed by atoms with van der Waals surface area (Å²) >= 11 is 3.39. The summed E-state index contributed by atoms with van der Waals surface area (Å²) in [6.45, 7) is 0.673. The smallest absolute Gasteiger partial charge is 0.151 e. The van der Waals surface area contributed by atoms with Gasteiger partial charge in [0.2, 0.25) is 0 Å². The van der Waals surface area contributed by atoms with Crippen molar-refractivity contribution in [2.24, 2.45) is 0 Å². The number of nitrogen functional groups attached to an aromatic ring is 1. The molecule has 102 valence electrons. The van der Waals surface area contributed by atoms with Crippen LogP contribution in [-0.2, 0) is 0 Å². The van der Waals surface area contributed by atoms with Gasteiger partial charge in [0.1, 0.15) is 5.75 Å². The highest BCUT2D eigenvalue weighted by Gasteiger charge is 2.04. The summed E-state index contributed by atoms with van der Waals surface area (Å²) in [6, 6.07) is 15.7. The van der Waals surface area contributed by atoms with Gasteiger partial charge in [-0.15, -0.1) is 11.3 Å². The van der Waals surface area contributed by atoms with Gasteiger partial charge in [0.15, 0.2) is 4.34 Å². The number of nitrogens with zero attached hydrogens (tertiary/aromatic N) is 1. The van der Waals surface area contributed by atoms with Crippen LogP contribution in [0.3, 0.4) is 0 Å². The van der Waals surface area contributed by atoms with Gasteiger partial charge in [-0.1, -0.05) is 30.0 Å². The quantitative estimate of drug-likeness (QED) is 0.439. The number of anilines is 1. The SMILES string of the molecule is Nc1ccc2nc(SCCOc3ccccc3)sc2c1. The topological polar surface area (TPSA) is 48.1 Å². The molecule has 0 amide bonds. The van der Waals surface area contributed by atoms with Crippen molar-refractivity contribution in [1.29, 1.82) is 0 Å². The van der Waals surface area contributed by atoms with Gasteiger partial charge < -0.3 is 10.5 Å². The Morgan fingerprint density at radius 2 is 2.00 bits per heavy atom. The van der Waals surface area contributed by atoms with E-state index in [0.29, 0.717) is 6.61 Å². The maximum Gasteiger partial charge on any atom is 0.151 e. The van der Waals surface area contributed by atoms with Gasteiger partial charge in [0, 0.05) is 11.4 Å². The van der Waals surface area contributed by atoms with Gasteiger partial charge in [0.05, 0.1) is 16.8 Å². The second kappa shape index (κ2) is 6.15. The summed E-state index contributed by atoms with van der Waals surface area (Å²) in [5.41, 5.74) is 7.56. The third kappa shape index (κ3) is 3.23. The minimum absolute atomic E-state index is 0.673. The number of nitrogens with two attached hydrogens (primary N) is 1. The number of benzene rings is 2. The first kappa shape index (κ1) is 13.3. The maximum atomic E-state index is 5.77. The van der Waals surface area contributed by atoms with Gasteiger partial charge in [0.25, 0.3) is 0 Å². The molecule has 0 spiro atoms. The molecule has 0 atom stereocenters. The van der Waals surface area contributed by atoms with Crippen molar-refractivity contribution in [3.05, 3.63) is 48.5 Å². The average Bonchev–Trinajstić information content (AvgIpc) is 2.86. The molecule has 5 heteroatoms. The Morgan fingerprint density at radius 1 is 1.15 bits per heavy atom. The average molecular weight is 302 g/mol. The van der Waals surface area contributed by atoms with Crippen LogP contribution < -0.4 is 10.5 Å². The van der Waals surface area contributed by atoms with Crippen LogP contribution in [0.2, 0.25) is 0 Å². The van der Waals surface area contributed by atoms with Crippen molar-refractivity contribution >= 4 is 39.0 Å². The zero-order valence-corrected chi connectivity index (χ0v) is 12.4. The fraction of sp³-hybridized carbons (Fsp3) is 0.133. The first-order valence-corrected chi connectivity index (χ1v) is 8.08. The van der Waals surface area contributed by atoms with Crippen LogP contribution in [0.5, 0.6) is 5.75 Å². The zero-order chi connectivity index (χ0) is 13.8. The van der Waals surface area contributed by atoms with Crippen LogP contribution in [0.25, 0.3) is 10.2 Å². The highest BCUT2D eigenvalue weighted by molar-refractivity contribution is 8.01. The Bertz CT molecular complexity index is 697. The Labute approximate surface area is 125 Å². The molecular weight excluding hydrogens is 288 g/mol. The summed E-state index contributed by atoms with van der Waals surface area (Å²) in [5, 5.41) is 0. The number of rotatable bonds is 5. The van der Waals surface area contributed by atoms with Crippen molar-refractivity contribution in [2.75, 3.05) is 18.1 Å². The number of hydrogen-bond donors (Lipinski definition) is 1. The van der Waals surface area contributed by atoms with Crippen LogP contribution >= 0.6 is 23.1 Å². The number of ether oxygens (including phenoxy) is 1. The van der Waals surface area contributed by atoms with Crippen LogP contribution in [0.4, 0.5) is 5.69 Å². The van der Waals surface area contributed by atoms with Gasteiger partial charge in [-0.3, -0.25) is 0 Å². The molecule has 2 aromatic carbocycles. The van der Waals surface area contributed by atoms with E-state index >= 15 is 0 Å². The third-order valence-electron chi connectivity index (χ3n) is 2.71. The molecule has 20 heavy (non-hydrogen) atoms. The highest BCUT2D eigenvalue weighted by atomic mass is 32.2. The first-order valence-electron chi connectivity index (χ1n) is 6.28. The molecule has 1 aromatic heterocycles. The van der Waals surface area contributed by atoms with Crippen LogP contribution in [0, 0.1) is 0 Å². The van der Waals surface area contributed by atoms with E-state index in [1.54, 1.807) is 23.1 Å². The normalized spacial score (nSPS) is 10.8. The van der Waals surface area contributed by atoms with Crippen molar-refractivity contribution in [3.63, 3.8) is 0 Å². The molecule has 0 fully saturated rings. The van der Waals surface area contributed by atoms with E-state index in [-0.39, 0.29) is 0 Å². The molecule has 1 heterocycles. The molecule has 3 rings (SSSR count).